The average Bonchev–Trinajstić information content (AvgIpc) is 3.67. The van der Waals surface area contributed by atoms with Gasteiger partial charge in [-0.15, -0.1) is 11.3 Å². The smallest absolute Gasteiger partial charge is 0.263 e. The number of aromatic amines is 1. The van der Waals surface area contributed by atoms with E-state index in [-0.39, 0.29) is 18.0 Å². The molecule has 40 heavy (non-hydrogen) atoms. The molecule has 1 atom stereocenters. The van der Waals surface area contributed by atoms with Crippen molar-refractivity contribution >= 4 is 39.5 Å². The molecule has 7 nitrogen and oxygen atoms in total. The van der Waals surface area contributed by atoms with Crippen LogP contribution in [0.5, 0.6) is 0 Å². The number of halogens is 2. The predicted molar refractivity (Wildman–Crippen MR) is 152 cm³/mol. The first kappa shape index (κ1) is 27.1. The van der Waals surface area contributed by atoms with Gasteiger partial charge in [-0.2, -0.15) is 0 Å². The Labute approximate surface area is 233 Å². The summed E-state index contributed by atoms with van der Waals surface area (Å²) >= 11 is 1.25. The van der Waals surface area contributed by atoms with Gasteiger partial charge in [0.2, 0.25) is 0 Å². The van der Waals surface area contributed by atoms with Crippen molar-refractivity contribution in [2.24, 2.45) is 0 Å². The van der Waals surface area contributed by atoms with Gasteiger partial charge in [-0.3, -0.25) is 14.6 Å². The van der Waals surface area contributed by atoms with E-state index in [1.54, 1.807) is 11.7 Å². The summed E-state index contributed by atoms with van der Waals surface area (Å²) in [7, 11) is 0. The van der Waals surface area contributed by atoms with Gasteiger partial charge in [-0.05, 0) is 41.8 Å². The lowest BCUT2D eigenvalue weighted by molar-refractivity contribution is 0.0935. The Bertz CT molecular complexity index is 1650. The second-order valence-corrected chi connectivity index (χ2v) is 10.4. The van der Waals surface area contributed by atoms with E-state index in [4.69, 9.17) is 5.73 Å². The molecule has 0 bridgehead atoms. The molecule has 2 heterocycles. The molecule has 0 saturated carbocycles. The van der Waals surface area contributed by atoms with Crippen LogP contribution < -0.4 is 11.1 Å². The van der Waals surface area contributed by atoms with Gasteiger partial charge in [-0.1, -0.05) is 49.2 Å². The van der Waals surface area contributed by atoms with Crippen LogP contribution in [0.2, 0.25) is 0 Å². The third-order valence-corrected chi connectivity index (χ3v) is 7.52. The minimum Gasteiger partial charge on any atom is -0.398 e. The highest BCUT2D eigenvalue weighted by Gasteiger charge is 2.21. The number of anilines is 1. The van der Waals surface area contributed by atoms with Crippen LogP contribution in [0.25, 0.3) is 22.0 Å². The number of nitrogen functional groups attached to an aromatic ring is 1. The molecule has 0 aliphatic rings. The lowest BCUT2D eigenvalue weighted by atomic mass is 10.0. The lowest BCUT2D eigenvalue weighted by Gasteiger charge is -2.16. The second kappa shape index (κ2) is 12.2. The summed E-state index contributed by atoms with van der Waals surface area (Å²) in [4.78, 5) is 37.7. The van der Waals surface area contributed by atoms with Gasteiger partial charge in [0.05, 0.1) is 35.2 Å². The maximum absolute atomic E-state index is 14.1. The van der Waals surface area contributed by atoms with Crippen molar-refractivity contribution in [2.45, 2.75) is 38.1 Å². The SMILES string of the molecule is Nc1ccc(F)c(F)c1C(=O)CCCCC[C@H](NC(=O)c1cncs1)c1ncc(-c2ccc3ccccc3c2)[nH]1. The number of ketones is 1. The van der Waals surface area contributed by atoms with E-state index in [1.165, 1.54) is 23.6 Å². The number of carbonyl (C=O) groups excluding carboxylic acids is 2. The Balaban J connectivity index is 1.25. The highest BCUT2D eigenvalue weighted by molar-refractivity contribution is 7.11. The van der Waals surface area contributed by atoms with Gasteiger partial charge < -0.3 is 16.0 Å². The number of thiazole rings is 1. The van der Waals surface area contributed by atoms with Gasteiger partial charge in [0.1, 0.15) is 10.7 Å². The lowest BCUT2D eigenvalue weighted by Crippen LogP contribution is -2.28. The van der Waals surface area contributed by atoms with Crippen molar-refractivity contribution in [2.75, 3.05) is 5.73 Å². The minimum atomic E-state index is -1.21. The Morgan fingerprint density at radius 3 is 2.62 bits per heavy atom. The number of imidazole rings is 1. The summed E-state index contributed by atoms with van der Waals surface area (Å²) in [6.07, 6.45) is 5.62. The Morgan fingerprint density at radius 2 is 1.82 bits per heavy atom. The van der Waals surface area contributed by atoms with Crippen LogP contribution in [-0.4, -0.2) is 26.6 Å². The largest absolute Gasteiger partial charge is 0.398 e. The van der Waals surface area contributed by atoms with Gasteiger partial charge in [0.15, 0.2) is 17.4 Å². The van der Waals surface area contributed by atoms with E-state index >= 15 is 0 Å². The van der Waals surface area contributed by atoms with Crippen molar-refractivity contribution in [3.05, 3.63) is 100 Å². The normalized spacial score (nSPS) is 11.9. The molecule has 0 fully saturated rings. The number of unbranched alkanes of at least 4 members (excludes halogenated alkanes) is 2. The number of nitrogens with one attached hydrogen (secondary N) is 2. The molecule has 0 saturated heterocycles. The number of aromatic nitrogens is 3. The number of nitrogens with two attached hydrogens (primary N) is 1. The van der Waals surface area contributed by atoms with Crippen molar-refractivity contribution in [3.8, 4) is 11.3 Å². The van der Waals surface area contributed by atoms with Gasteiger partial charge in [0, 0.05) is 17.7 Å². The number of carbonyl (C=O) groups is 2. The number of benzene rings is 3. The molecule has 1 amide bonds. The summed E-state index contributed by atoms with van der Waals surface area (Å²) in [5.41, 5.74) is 8.64. The van der Waals surface area contributed by atoms with Crippen LogP contribution in [-0.2, 0) is 0 Å². The van der Waals surface area contributed by atoms with E-state index < -0.39 is 29.0 Å². The van der Waals surface area contributed by atoms with Crippen molar-refractivity contribution in [3.63, 3.8) is 0 Å². The number of hydrogen-bond donors (Lipinski definition) is 3. The Hall–Kier alpha value is -4.44. The highest BCUT2D eigenvalue weighted by atomic mass is 32.1. The molecule has 0 unspecified atom stereocenters. The zero-order chi connectivity index (χ0) is 28.1. The van der Waals surface area contributed by atoms with Crippen LogP contribution in [0.1, 0.15) is 64.0 Å². The molecule has 0 radical (unpaired) electrons. The molecule has 204 valence electrons. The fourth-order valence-corrected chi connectivity index (χ4v) is 5.16. The molecule has 0 aliphatic carbocycles. The predicted octanol–water partition coefficient (Wildman–Crippen LogP) is 6.85. The van der Waals surface area contributed by atoms with Crippen molar-refractivity contribution in [1.29, 1.82) is 0 Å². The zero-order valence-electron chi connectivity index (χ0n) is 21.5. The van der Waals surface area contributed by atoms with Gasteiger partial charge in [-0.25, -0.2) is 13.8 Å². The summed E-state index contributed by atoms with van der Waals surface area (Å²) in [5.74, 6) is -2.47. The molecular weight excluding hydrogens is 532 g/mol. The molecule has 5 aromatic rings. The third kappa shape index (κ3) is 6.07. The number of nitrogens with zero attached hydrogens (tertiary/aromatic N) is 2. The van der Waals surface area contributed by atoms with Crippen molar-refractivity contribution in [1.82, 2.24) is 20.3 Å². The number of rotatable bonds is 11. The molecule has 0 aliphatic heterocycles. The first-order valence-corrected chi connectivity index (χ1v) is 13.8. The number of H-pyrrole nitrogens is 1. The van der Waals surface area contributed by atoms with Crippen LogP contribution in [0, 0.1) is 11.6 Å². The van der Waals surface area contributed by atoms with E-state index in [9.17, 15) is 18.4 Å². The zero-order valence-corrected chi connectivity index (χ0v) is 22.3. The molecule has 2 aromatic heterocycles. The van der Waals surface area contributed by atoms with Crippen LogP contribution in [0.15, 0.2) is 72.5 Å². The number of hydrogen-bond acceptors (Lipinski definition) is 6. The molecule has 5 rings (SSSR count). The molecule has 10 heteroatoms. The number of amides is 1. The Kier molecular flexibility index (Phi) is 8.26. The second-order valence-electron chi connectivity index (χ2n) is 9.48. The monoisotopic (exact) mass is 559 g/mol. The average molecular weight is 560 g/mol. The van der Waals surface area contributed by atoms with Gasteiger partial charge in [0.25, 0.3) is 5.91 Å². The molecule has 4 N–H and O–H groups in total. The number of fused-ring (bicyclic) bond motifs is 1. The summed E-state index contributed by atoms with van der Waals surface area (Å²) in [6, 6.07) is 16.0. The minimum absolute atomic E-state index is 0.0370. The van der Waals surface area contributed by atoms with Gasteiger partial charge >= 0.3 is 0 Å². The van der Waals surface area contributed by atoms with Crippen LogP contribution in [0.3, 0.4) is 0 Å². The molecular formula is C30H27F2N5O2S. The molecule has 3 aromatic carbocycles. The van der Waals surface area contributed by atoms with E-state index in [2.05, 4.69) is 44.5 Å². The number of Topliss-reactive ketones (excluding diaryl/α,β-unsaturated/α-hetero) is 1. The fraction of sp³-hybridized carbons (Fsp3) is 0.200. The third-order valence-electron chi connectivity index (χ3n) is 6.75. The fourth-order valence-electron chi connectivity index (χ4n) is 4.64. The van der Waals surface area contributed by atoms with E-state index in [0.717, 1.165) is 28.1 Å². The van der Waals surface area contributed by atoms with Crippen LogP contribution in [0.4, 0.5) is 14.5 Å². The summed E-state index contributed by atoms with van der Waals surface area (Å²) < 4.78 is 27.7. The van der Waals surface area contributed by atoms with Crippen molar-refractivity contribution < 1.29 is 18.4 Å². The highest BCUT2D eigenvalue weighted by Crippen LogP contribution is 2.27. The topological polar surface area (TPSA) is 114 Å². The Morgan fingerprint density at radius 1 is 1.00 bits per heavy atom. The van der Waals surface area contributed by atoms with Crippen LogP contribution >= 0.6 is 11.3 Å². The first-order valence-electron chi connectivity index (χ1n) is 12.9. The van der Waals surface area contributed by atoms with E-state index in [0.29, 0.717) is 36.4 Å². The van der Waals surface area contributed by atoms with E-state index in [1.807, 2.05) is 18.2 Å². The standard InChI is InChI=1S/C30H27F2N5O2S/c31-21-12-13-22(33)27(28(21)32)25(38)9-3-1-2-8-23(37-30(39)26-16-34-17-40-26)29-35-15-24(36-29)20-11-10-18-6-4-5-7-19(18)14-20/h4-7,10-17,23H,1-3,8-9,33H2,(H,35,36)(H,37,39)/t23-/m0/s1. The molecule has 0 spiro atoms. The summed E-state index contributed by atoms with van der Waals surface area (Å²) in [6.45, 7) is 0. The summed E-state index contributed by atoms with van der Waals surface area (Å²) in [5, 5.41) is 5.29. The maximum Gasteiger partial charge on any atom is 0.263 e. The maximum atomic E-state index is 14.1. The quantitative estimate of drug-likeness (QED) is 0.0930. The first-order chi connectivity index (χ1) is 19.4.